The van der Waals surface area contributed by atoms with Crippen molar-refractivity contribution < 1.29 is 8.42 Å². The first-order chi connectivity index (χ1) is 10.5. The lowest BCUT2D eigenvalue weighted by molar-refractivity contribution is 0.599. The third kappa shape index (κ3) is 13.1. The van der Waals surface area contributed by atoms with Crippen molar-refractivity contribution in [2.75, 3.05) is 6.26 Å². The third-order valence-corrected chi connectivity index (χ3v) is 5.19. The summed E-state index contributed by atoms with van der Waals surface area (Å²) in [4.78, 5) is 0.589. The minimum Gasteiger partial charge on any atom is -0.224 e. The van der Waals surface area contributed by atoms with E-state index in [0.717, 1.165) is 19.3 Å². The zero-order valence-electron chi connectivity index (χ0n) is 14.9. The molecule has 22 heavy (non-hydrogen) atoms. The van der Waals surface area contributed by atoms with E-state index in [1.165, 1.54) is 57.6 Å². The Kier molecular flexibility index (Phi) is 13.7. The van der Waals surface area contributed by atoms with Gasteiger partial charge in [0.05, 0.1) is 0 Å². The summed E-state index contributed by atoms with van der Waals surface area (Å²) in [5, 5.41) is 0. The largest absolute Gasteiger partial charge is 0.224 e. The molecule has 0 amide bonds. The second kappa shape index (κ2) is 14.0. The molecule has 0 rings (SSSR count). The van der Waals surface area contributed by atoms with Gasteiger partial charge in [0.15, 0.2) is 9.84 Å². The molecule has 0 radical (unpaired) electrons. The molecule has 3 heteroatoms. The minimum absolute atomic E-state index is 0.589. The normalized spacial score (nSPS) is 13.1. The first kappa shape index (κ1) is 21.4. The van der Waals surface area contributed by atoms with Crippen molar-refractivity contribution in [1.82, 2.24) is 0 Å². The second-order valence-electron chi connectivity index (χ2n) is 6.20. The van der Waals surface area contributed by atoms with Gasteiger partial charge < -0.3 is 0 Å². The summed E-state index contributed by atoms with van der Waals surface area (Å²) < 4.78 is 23.6. The molecule has 0 spiro atoms. The fraction of sp³-hybridized carbons (Fsp3) is 0.789. The highest BCUT2D eigenvalue weighted by molar-refractivity contribution is 7.94. The molecule has 0 unspecified atom stereocenters. The van der Waals surface area contributed by atoms with Crippen molar-refractivity contribution >= 4 is 9.84 Å². The zero-order chi connectivity index (χ0) is 16.7. The van der Waals surface area contributed by atoms with Crippen LogP contribution in [0.3, 0.4) is 0 Å². The maximum atomic E-state index is 11.8. The van der Waals surface area contributed by atoms with Crippen LogP contribution in [0, 0.1) is 0 Å². The highest BCUT2D eigenvalue weighted by Crippen LogP contribution is 2.16. The molecule has 0 aromatic rings. The van der Waals surface area contributed by atoms with Gasteiger partial charge in [-0.3, -0.25) is 0 Å². The highest BCUT2D eigenvalue weighted by atomic mass is 32.2. The monoisotopic (exact) mass is 328 g/mol. The molecular weight excluding hydrogens is 292 g/mol. The highest BCUT2D eigenvalue weighted by Gasteiger charge is 2.09. The van der Waals surface area contributed by atoms with Crippen LogP contribution in [0.5, 0.6) is 0 Å². The van der Waals surface area contributed by atoms with Gasteiger partial charge in [-0.05, 0) is 31.8 Å². The summed E-state index contributed by atoms with van der Waals surface area (Å²) in [5.41, 5.74) is 0. The maximum Gasteiger partial charge on any atom is 0.171 e. The number of unbranched alkanes of at least 4 members (excludes halogenated alkanes) is 9. The summed E-state index contributed by atoms with van der Waals surface area (Å²) in [6.07, 6.45) is 21.1. The Morgan fingerprint density at radius 3 is 1.91 bits per heavy atom. The Balaban J connectivity index is 4.11. The van der Waals surface area contributed by atoms with E-state index in [4.69, 9.17) is 0 Å². The molecule has 130 valence electrons. The fourth-order valence-electron chi connectivity index (χ4n) is 2.43. The van der Waals surface area contributed by atoms with E-state index in [2.05, 4.69) is 19.9 Å². The van der Waals surface area contributed by atoms with Crippen molar-refractivity contribution in [2.24, 2.45) is 0 Å². The lowest BCUT2D eigenvalue weighted by Gasteiger charge is -2.04. The van der Waals surface area contributed by atoms with Gasteiger partial charge in [0, 0.05) is 11.2 Å². The van der Waals surface area contributed by atoms with Crippen LogP contribution in [0.1, 0.15) is 90.9 Å². The Labute approximate surface area is 139 Å². The Hall–Kier alpha value is -0.570. The first-order valence-electron chi connectivity index (χ1n) is 9.08. The van der Waals surface area contributed by atoms with Crippen LogP contribution in [0.4, 0.5) is 0 Å². The Morgan fingerprint density at radius 1 is 0.818 bits per heavy atom. The van der Waals surface area contributed by atoms with Gasteiger partial charge in [-0.15, -0.1) is 0 Å². The number of rotatable bonds is 14. The molecule has 0 aromatic heterocycles. The van der Waals surface area contributed by atoms with E-state index in [0.29, 0.717) is 11.3 Å². The van der Waals surface area contributed by atoms with Gasteiger partial charge in [0.25, 0.3) is 0 Å². The Morgan fingerprint density at radius 2 is 1.36 bits per heavy atom. The van der Waals surface area contributed by atoms with E-state index in [1.54, 1.807) is 6.08 Å². The van der Waals surface area contributed by atoms with Crippen molar-refractivity contribution in [1.29, 1.82) is 0 Å². The number of sulfone groups is 1. The van der Waals surface area contributed by atoms with Crippen LogP contribution in [0.25, 0.3) is 0 Å². The quantitative estimate of drug-likeness (QED) is 0.281. The van der Waals surface area contributed by atoms with Gasteiger partial charge in [-0.25, -0.2) is 8.42 Å². The summed E-state index contributed by atoms with van der Waals surface area (Å²) in [6, 6.07) is 0. The molecule has 0 aliphatic rings. The molecule has 0 bridgehead atoms. The van der Waals surface area contributed by atoms with Crippen molar-refractivity contribution in [3.05, 3.63) is 23.1 Å². The SMILES string of the molecule is CCCCCCC/C=C/C=C(/CCCCCCC)S(C)(=O)=O. The van der Waals surface area contributed by atoms with Crippen molar-refractivity contribution in [3.63, 3.8) is 0 Å². The molecule has 0 saturated heterocycles. The standard InChI is InChI=1S/C19H36O2S/c1-4-6-8-10-11-12-14-16-18-19(22(3,20)21)17-15-13-9-7-5-2/h14,16,18H,4-13,15,17H2,1-3H3/b16-14+,19-18-. The second-order valence-corrected chi connectivity index (χ2v) is 8.27. The van der Waals surface area contributed by atoms with Crippen LogP contribution >= 0.6 is 0 Å². The van der Waals surface area contributed by atoms with E-state index in [-0.39, 0.29) is 0 Å². The first-order valence-corrected chi connectivity index (χ1v) is 11.0. The molecule has 0 aromatic carbocycles. The molecule has 0 N–H and O–H groups in total. The summed E-state index contributed by atoms with van der Waals surface area (Å²) in [7, 11) is -3.05. The van der Waals surface area contributed by atoms with Gasteiger partial charge in [0.2, 0.25) is 0 Å². The van der Waals surface area contributed by atoms with Crippen LogP contribution in [-0.4, -0.2) is 14.7 Å². The molecular formula is C19H36O2S. The lowest BCUT2D eigenvalue weighted by Crippen LogP contribution is -2.01. The molecule has 0 heterocycles. The molecule has 2 nitrogen and oxygen atoms in total. The molecule has 0 saturated carbocycles. The summed E-state index contributed by atoms with van der Waals surface area (Å²) in [5.74, 6) is 0. The number of hydrogen-bond acceptors (Lipinski definition) is 2. The molecule has 0 aliphatic carbocycles. The maximum absolute atomic E-state index is 11.8. The van der Waals surface area contributed by atoms with Gasteiger partial charge in [-0.1, -0.05) is 77.4 Å². The zero-order valence-corrected chi connectivity index (χ0v) is 15.8. The third-order valence-electron chi connectivity index (χ3n) is 3.90. The number of hydrogen-bond donors (Lipinski definition) is 0. The predicted molar refractivity (Wildman–Crippen MR) is 98.8 cm³/mol. The van der Waals surface area contributed by atoms with Crippen molar-refractivity contribution in [2.45, 2.75) is 90.9 Å². The predicted octanol–water partition coefficient (Wildman–Crippen LogP) is 6.19. The van der Waals surface area contributed by atoms with E-state index in [1.807, 2.05) is 6.08 Å². The average Bonchev–Trinajstić information content (AvgIpc) is 2.46. The fourth-order valence-corrected chi connectivity index (χ4v) is 3.27. The van der Waals surface area contributed by atoms with Crippen LogP contribution < -0.4 is 0 Å². The summed E-state index contributed by atoms with van der Waals surface area (Å²) in [6.45, 7) is 4.41. The average molecular weight is 329 g/mol. The summed E-state index contributed by atoms with van der Waals surface area (Å²) >= 11 is 0. The van der Waals surface area contributed by atoms with Gasteiger partial charge >= 0.3 is 0 Å². The minimum atomic E-state index is -3.05. The molecule has 0 fully saturated rings. The van der Waals surface area contributed by atoms with Gasteiger partial charge in [0.1, 0.15) is 0 Å². The lowest BCUT2D eigenvalue weighted by atomic mass is 10.1. The number of allylic oxidation sites excluding steroid dienone is 4. The Bertz CT molecular complexity index is 405. The van der Waals surface area contributed by atoms with E-state index in [9.17, 15) is 8.42 Å². The van der Waals surface area contributed by atoms with Gasteiger partial charge in [-0.2, -0.15) is 0 Å². The topological polar surface area (TPSA) is 34.1 Å². The van der Waals surface area contributed by atoms with Crippen LogP contribution in [0.15, 0.2) is 23.1 Å². The van der Waals surface area contributed by atoms with Crippen LogP contribution in [-0.2, 0) is 9.84 Å². The van der Waals surface area contributed by atoms with Crippen molar-refractivity contribution in [3.8, 4) is 0 Å². The van der Waals surface area contributed by atoms with E-state index >= 15 is 0 Å². The molecule has 0 atom stereocenters. The smallest absolute Gasteiger partial charge is 0.171 e. The van der Waals surface area contributed by atoms with E-state index < -0.39 is 9.84 Å². The molecule has 0 aliphatic heterocycles. The van der Waals surface area contributed by atoms with Crippen LogP contribution in [0.2, 0.25) is 0 Å².